The van der Waals surface area contributed by atoms with Crippen LogP contribution >= 0.6 is 0 Å². The van der Waals surface area contributed by atoms with Gasteiger partial charge in [-0.05, 0) is 74.0 Å². The molecule has 7 aromatic carbocycles. The summed E-state index contributed by atoms with van der Waals surface area (Å²) in [6.45, 7) is 82.0. The smallest absolute Gasteiger partial charge is 0.519 e. The van der Waals surface area contributed by atoms with Crippen LogP contribution in [-0.2, 0) is 153 Å². The standard InChI is InChI=1S/C13H17O.C12H12O3.C12H16O.C11H12O3.C11H13O2.2C11H14O.C8H16O.C7H12O3.2C5H9O.C4H10.4C3H8.2C2H6.2Y/c1-9(2)14-12(5)13-7-10(3)6-11(4)8-13;1-2-10-11(15-12(13)14-10)8-9-6-4-3-5-7-9;1-10(2)8-12(13)9-11-6-4-3-5-7-11;1-9(12)14-8-11(13)7-10-5-3-2-4-6-10;1-8-5-4-6-11(7-8)9(2)13-10(3)12;2*1-9(2)8-11(12)10-6-4-3-5-7-10;1-4-5-8(9)6-7(2)3;1-3-4-7(9)5-10-6(2)8;2*1-5(2,3)4-6;1-3-4-2;4*1-3-2;2*1-2;;/h7-8,12H,1H2,2-5H3;3-7H,2,8H2,1H3;3-7,10H,8-9H2,1-2H3;2-6H,7-8H2,1H3;4-6,9H,1-3H3;2*3-7,9H,8H2,1-2H3;7H,4-6H2,1-3H3;3-5H2,1-2H3;2*1-3H3;3-4H2,1-2H3;4*3H2,1-2H3;2*1-2H3;;/q-1;;;;-1;;;;;2*-1;;;;;;;;;. The van der Waals surface area contributed by atoms with Crippen LogP contribution in [0.25, 0.3) is 0 Å². The van der Waals surface area contributed by atoms with Crippen molar-refractivity contribution < 1.29 is 146 Å². The molecule has 0 spiro atoms. The first-order valence-electron chi connectivity index (χ1n) is 52.2. The minimum absolute atomic E-state index is 0. The molecule has 8 aromatic rings. The molecule has 146 heavy (non-hydrogen) atoms. The first kappa shape index (κ1) is 162. The molecule has 0 saturated heterocycles. The summed E-state index contributed by atoms with van der Waals surface area (Å²) < 4.78 is 29.5. The summed E-state index contributed by atoms with van der Waals surface area (Å²) in [5.74, 6) is 3.33. The Kier molecular flexibility index (Phi) is 122. The van der Waals surface area contributed by atoms with Crippen molar-refractivity contribution in [3.05, 3.63) is 284 Å². The van der Waals surface area contributed by atoms with Crippen LogP contribution in [0.15, 0.2) is 208 Å². The second-order valence-corrected chi connectivity index (χ2v) is 37.1. The third-order valence-corrected chi connectivity index (χ3v) is 16.2. The number of unbranched alkanes of at least 4 members (excludes halogenated alkanes) is 1. The number of allylic oxidation sites excluding steroid dienone is 1. The molecular formula is C126H198O18Y2-4. The van der Waals surface area contributed by atoms with Crippen molar-refractivity contribution in [2.24, 2.45) is 34.5 Å². The number of aryl methyl sites for hydroxylation is 4. The Hall–Kier alpha value is -8.93. The van der Waals surface area contributed by atoms with Gasteiger partial charge in [-0.2, -0.15) is 59.2 Å². The topological polar surface area (TPSA) is 268 Å². The molecule has 0 aliphatic heterocycles. The number of Topliss-reactive ketones (excluding diaryl/α,β-unsaturated/α-hetero) is 6. The Morgan fingerprint density at radius 3 is 0.973 bits per heavy atom. The Bertz CT molecular complexity index is 4390. The van der Waals surface area contributed by atoms with E-state index in [0.717, 1.165) is 81.5 Å². The number of rotatable bonds is 31. The minimum atomic E-state index is -0.613. The van der Waals surface area contributed by atoms with Crippen LogP contribution in [0.4, 0.5) is 0 Å². The predicted molar refractivity (Wildman–Crippen MR) is 605 cm³/mol. The van der Waals surface area contributed by atoms with Crippen LogP contribution in [0, 0.1) is 67.4 Å². The van der Waals surface area contributed by atoms with Crippen LogP contribution in [0.1, 0.15) is 435 Å². The van der Waals surface area contributed by atoms with E-state index in [9.17, 15) is 57.5 Å². The van der Waals surface area contributed by atoms with Gasteiger partial charge < -0.3 is 37.4 Å². The van der Waals surface area contributed by atoms with E-state index in [-0.39, 0.29) is 131 Å². The fourth-order valence-electron chi connectivity index (χ4n) is 10.2. The Balaban J connectivity index is -0.000000133. The molecule has 0 fully saturated rings. The molecule has 0 amide bonds. The van der Waals surface area contributed by atoms with E-state index < -0.39 is 17.8 Å². The summed E-state index contributed by atoms with van der Waals surface area (Å²) in [6, 6.07) is 64.4. The minimum Gasteiger partial charge on any atom is -0.541 e. The summed E-state index contributed by atoms with van der Waals surface area (Å²) in [4.78, 5) is 129. The molecule has 20 heteroatoms. The molecule has 8 rings (SSSR count). The molecule has 0 bridgehead atoms. The maximum Gasteiger partial charge on any atom is 0.519 e. The van der Waals surface area contributed by atoms with Crippen LogP contribution in [-0.4, -0.2) is 78.4 Å². The van der Waals surface area contributed by atoms with Crippen molar-refractivity contribution in [1.29, 1.82) is 0 Å². The first-order valence-corrected chi connectivity index (χ1v) is 52.2. The fourth-order valence-corrected chi connectivity index (χ4v) is 10.2. The molecule has 2 radical (unpaired) electrons. The predicted octanol–water partition coefficient (Wildman–Crippen LogP) is 33.7. The molecule has 0 saturated carbocycles. The van der Waals surface area contributed by atoms with Gasteiger partial charge in [0.1, 0.15) is 36.6 Å². The van der Waals surface area contributed by atoms with Crippen molar-refractivity contribution in [3.63, 3.8) is 0 Å². The fraction of sp³-hybridized carbons (Fsp3) is 0.540. The average molecular weight is 2180 g/mol. The molecule has 1 heterocycles. The average Bonchev–Trinajstić information content (AvgIpc) is 1.75. The number of esters is 3. The summed E-state index contributed by atoms with van der Waals surface area (Å²) in [5.41, 5.74) is 9.73. The summed E-state index contributed by atoms with van der Waals surface area (Å²) >= 11 is 0. The van der Waals surface area contributed by atoms with Gasteiger partial charge >= 0.3 is 23.7 Å². The van der Waals surface area contributed by atoms with Gasteiger partial charge in [-0.1, -0.05) is 432 Å². The second kappa shape index (κ2) is 110. The second-order valence-electron chi connectivity index (χ2n) is 37.1. The summed E-state index contributed by atoms with van der Waals surface area (Å²) in [6.07, 6.45) is 19.2. The summed E-state index contributed by atoms with van der Waals surface area (Å²) in [7, 11) is 0. The van der Waals surface area contributed by atoms with Crippen molar-refractivity contribution in [2.75, 3.05) is 13.2 Å². The molecule has 0 aliphatic carbocycles. The van der Waals surface area contributed by atoms with Gasteiger partial charge in [0.2, 0.25) is 0 Å². The third-order valence-electron chi connectivity index (χ3n) is 16.2. The number of ketones is 6. The SMILES string of the molecule is C=C(C)OC(C)c1cc(C)[c-]c(C)c1.CC.CC.CC(=O)OC(C)c1[c-]c(C)ccc1.CC(=O)OCC(=O)Cc1ccccc1.CC(C)(C)[C-]=O.CC(C)(C)[C-]=O.CC(C)CC(=O)Cc1ccccc1.CC(C)CC(=O)c1ccccc1.CC(C)CC(=O)c1ccccc1.CCC.CCC.CCC.CCC.CCCC.CCCC(=O)CC(C)C.CCCC(=O)COC(C)=O.CCc1oc(=O)oc1Cc1ccccc1.[Y].[Y]. The van der Waals surface area contributed by atoms with Crippen LogP contribution in [0.5, 0.6) is 0 Å². The van der Waals surface area contributed by atoms with Crippen molar-refractivity contribution in [3.8, 4) is 0 Å². The zero-order chi connectivity index (χ0) is 113. The Morgan fingerprint density at radius 1 is 0.370 bits per heavy atom. The summed E-state index contributed by atoms with van der Waals surface area (Å²) in [5, 5.41) is 0. The molecule has 820 valence electrons. The van der Waals surface area contributed by atoms with Crippen molar-refractivity contribution >= 4 is 65.2 Å². The van der Waals surface area contributed by atoms with E-state index in [1.54, 1.807) is 0 Å². The molecule has 0 N–H and O–H groups in total. The van der Waals surface area contributed by atoms with E-state index in [1.165, 1.54) is 64.9 Å². The number of ether oxygens (including phenoxy) is 4. The van der Waals surface area contributed by atoms with E-state index in [2.05, 4.69) is 165 Å². The Morgan fingerprint density at radius 2 is 0.678 bits per heavy atom. The van der Waals surface area contributed by atoms with Crippen LogP contribution in [0.3, 0.4) is 0 Å². The zero-order valence-electron chi connectivity index (χ0n) is 98.6. The van der Waals surface area contributed by atoms with Crippen molar-refractivity contribution in [1.82, 2.24) is 0 Å². The Labute approximate surface area is 940 Å². The number of hydrogen-bond donors (Lipinski definition) is 0. The molecule has 1 aromatic heterocycles. The normalized spacial score (nSPS) is 9.81. The molecule has 0 aliphatic rings. The first-order chi connectivity index (χ1) is 67.7. The van der Waals surface area contributed by atoms with E-state index in [4.69, 9.17) is 18.3 Å². The number of carbonyl (C=O) groups excluding carboxylic acids is 11. The molecular weight excluding hydrogens is 1980 g/mol. The van der Waals surface area contributed by atoms with Gasteiger partial charge in [0.25, 0.3) is 0 Å². The zero-order valence-corrected chi connectivity index (χ0v) is 104. The monoisotopic (exact) mass is 2180 g/mol. The largest absolute Gasteiger partial charge is 0.541 e. The molecule has 2 atom stereocenters. The number of benzene rings is 7. The third kappa shape index (κ3) is 120. The quantitative estimate of drug-likeness (QED) is 0.0128. The number of carbonyl (C=O) groups is 9. The van der Waals surface area contributed by atoms with Gasteiger partial charge in [0, 0.05) is 162 Å². The van der Waals surface area contributed by atoms with E-state index in [0.29, 0.717) is 98.1 Å². The maximum absolute atomic E-state index is 11.5. The van der Waals surface area contributed by atoms with Crippen LogP contribution in [0.2, 0.25) is 0 Å². The number of hydrogen-bond acceptors (Lipinski definition) is 18. The van der Waals surface area contributed by atoms with E-state index in [1.807, 2.05) is 314 Å². The van der Waals surface area contributed by atoms with Gasteiger partial charge in [-0.25, -0.2) is 4.79 Å². The van der Waals surface area contributed by atoms with Gasteiger partial charge in [0.05, 0.1) is 11.9 Å². The molecule has 18 nitrogen and oxygen atoms in total. The van der Waals surface area contributed by atoms with Crippen molar-refractivity contribution in [2.45, 2.75) is 405 Å². The molecule has 2 unspecified atom stereocenters. The van der Waals surface area contributed by atoms with Gasteiger partial charge in [-0.3, -0.25) is 55.7 Å². The van der Waals surface area contributed by atoms with Gasteiger partial charge in [-0.15, -0.1) is 22.0 Å². The van der Waals surface area contributed by atoms with Gasteiger partial charge in [0.15, 0.2) is 28.9 Å². The van der Waals surface area contributed by atoms with E-state index >= 15 is 0 Å². The van der Waals surface area contributed by atoms with Crippen LogP contribution < -0.4 is 5.82 Å². The maximum atomic E-state index is 11.5.